The van der Waals surface area contributed by atoms with Crippen LogP contribution >= 0.6 is 0 Å². The molecule has 1 N–H and O–H groups in total. The second-order valence-corrected chi connectivity index (χ2v) is 6.19. The van der Waals surface area contributed by atoms with Crippen LogP contribution in [0.15, 0.2) is 0 Å². The maximum atomic E-state index is 11.4. The number of nitrogens with one attached hydrogen (secondary N) is 1. The van der Waals surface area contributed by atoms with E-state index in [1.807, 2.05) is 7.05 Å². The third kappa shape index (κ3) is 1.87. The van der Waals surface area contributed by atoms with Crippen LogP contribution in [0.2, 0.25) is 0 Å². The van der Waals surface area contributed by atoms with Crippen molar-refractivity contribution in [2.24, 2.45) is 0 Å². The lowest BCUT2D eigenvalue weighted by molar-refractivity contribution is 0.254. The maximum Gasteiger partial charge on any atom is 0.153 e. The summed E-state index contributed by atoms with van der Waals surface area (Å²) in [6.45, 7) is 1.95. The molecule has 0 aromatic heterocycles. The second kappa shape index (κ2) is 3.22. The fourth-order valence-electron chi connectivity index (χ4n) is 2.24. The summed E-state index contributed by atoms with van der Waals surface area (Å²) < 4.78 is 22.8. The van der Waals surface area contributed by atoms with E-state index in [0.29, 0.717) is 11.5 Å². The van der Waals surface area contributed by atoms with Crippen LogP contribution in [0.4, 0.5) is 0 Å². The van der Waals surface area contributed by atoms with Gasteiger partial charge in [-0.2, -0.15) is 0 Å². The molecule has 0 aromatic rings. The van der Waals surface area contributed by atoms with Crippen LogP contribution in [-0.4, -0.2) is 57.0 Å². The summed E-state index contributed by atoms with van der Waals surface area (Å²) in [4.78, 5) is 2.18. The molecule has 2 unspecified atom stereocenters. The highest BCUT2D eigenvalue weighted by atomic mass is 32.2. The zero-order valence-corrected chi connectivity index (χ0v) is 8.68. The minimum Gasteiger partial charge on any atom is -0.311 e. The Labute approximate surface area is 79.2 Å². The van der Waals surface area contributed by atoms with Crippen molar-refractivity contribution in [2.45, 2.75) is 18.5 Å². The van der Waals surface area contributed by atoms with E-state index in [-0.39, 0.29) is 12.1 Å². The smallest absolute Gasteiger partial charge is 0.153 e. The van der Waals surface area contributed by atoms with E-state index in [1.54, 1.807) is 0 Å². The third-order valence-electron chi connectivity index (χ3n) is 2.98. The summed E-state index contributed by atoms with van der Waals surface area (Å²) >= 11 is 0. The van der Waals surface area contributed by atoms with Gasteiger partial charge in [0, 0.05) is 12.1 Å². The highest BCUT2D eigenvalue weighted by molar-refractivity contribution is 7.91. The Balaban J connectivity index is 2.18. The van der Waals surface area contributed by atoms with Gasteiger partial charge < -0.3 is 10.2 Å². The third-order valence-corrected chi connectivity index (χ3v) is 4.70. The minimum atomic E-state index is -2.78. The topological polar surface area (TPSA) is 49.4 Å². The van der Waals surface area contributed by atoms with Gasteiger partial charge in [0.15, 0.2) is 9.84 Å². The molecule has 2 aliphatic heterocycles. The number of hydrogen-bond donors (Lipinski definition) is 1. The highest BCUT2D eigenvalue weighted by Gasteiger charge is 2.40. The SMILES string of the molecule is CN1CCCNC2CS(=O)(=O)CC21. The van der Waals surface area contributed by atoms with Crippen molar-refractivity contribution in [1.29, 1.82) is 0 Å². The molecule has 76 valence electrons. The van der Waals surface area contributed by atoms with Gasteiger partial charge in [0.25, 0.3) is 0 Å². The molecule has 0 radical (unpaired) electrons. The van der Waals surface area contributed by atoms with E-state index >= 15 is 0 Å². The van der Waals surface area contributed by atoms with Crippen molar-refractivity contribution in [2.75, 3.05) is 31.6 Å². The number of likely N-dealkylation sites (N-methyl/N-ethyl adjacent to an activating group) is 1. The Bertz CT molecular complexity index is 289. The molecule has 0 saturated carbocycles. The molecule has 0 spiro atoms. The Morgan fingerprint density at radius 3 is 2.92 bits per heavy atom. The molecule has 0 bridgehead atoms. The zero-order valence-electron chi connectivity index (χ0n) is 7.86. The molecule has 5 heteroatoms. The minimum absolute atomic E-state index is 0.164. The summed E-state index contributed by atoms with van der Waals surface area (Å²) in [5, 5.41) is 3.31. The van der Waals surface area contributed by atoms with Gasteiger partial charge in [0.05, 0.1) is 11.5 Å². The Morgan fingerprint density at radius 2 is 2.15 bits per heavy atom. The van der Waals surface area contributed by atoms with Crippen LogP contribution in [0.5, 0.6) is 0 Å². The van der Waals surface area contributed by atoms with Crippen molar-refractivity contribution in [3.8, 4) is 0 Å². The maximum absolute atomic E-state index is 11.4. The summed E-state index contributed by atoms with van der Waals surface area (Å²) in [6, 6.07) is 0.366. The van der Waals surface area contributed by atoms with Crippen molar-refractivity contribution in [3.63, 3.8) is 0 Å². The molecule has 2 atom stereocenters. The lowest BCUT2D eigenvalue weighted by atomic mass is 10.1. The van der Waals surface area contributed by atoms with Gasteiger partial charge in [-0.3, -0.25) is 0 Å². The largest absolute Gasteiger partial charge is 0.311 e. The molecule has 2 rings (SSSR count). The first kappa shape index (κ1) is 9.43. The fraction of sp³-hybridized carbons (Fsp3) is 1.00. The van der Waals surface area contributed by atoms with E-state index < -0.39 is 9.84 Å². The molecular weight excluding hydrogens is 188 g/mol. The normalized spacial score (nSPS) is 39.8. The molecule has 2 fully saturated rings. The Hall–Kier alpha value is -0.130. The van der Waals surface area contributed by atoms with Gasteiger partial charge in [0.2, 0.25) is 0 Å². The number of nitrogens with zero attached hydrogens (tertiary/aromatic N) is 1. The van der Waals surface area contributed by atoms with Crippen molar-refractivity contribution >= 4 is 9.84 Å². The van der Waals surface area contributed by atoms with Gasteiger partial charge in [-0.25, -0.2) is 8.42 Å². The Morgan fingerprint density at radius 1 is 1.38 bits per heavy atom. The van der Waals surface area contributed by atoms with Crippen LogP contribution in [0.1, 0.15) is 6.42 Å². The molecule has 0 aromatic carbocycles. The first-order chi connectivity index (χ1) is 6.08. The van der Waals surface area contributed by atoms with Gasteiger partial charge in [0.1, 0.15) is 0 Å². The van der Waals surface area contributed by atoms with Gasteiger partial charge in [-0.15, -0.1) is 0 Å². The average molecular weight is 204 g/mol. The van der Waals surface area contributed by atoms with Gasteiger partial charge >= 0.3 is 0 Å². The van der Waals surface area contributed by atoms with Crippen LogP contribution in [0, 0.1) is 0 Å². The van der Waals surface area contributed by atoms with Crippen molar-refractivity contribution in [3.05, 3.63) is 0 Å². The lowest BCUT2D eigenvalue weighted by Gasteiger charge is -2.24. The summed E-state index contributed by atoms with van der Waals surface area (Å²) in [5.41, 5.74) is 0. The summed E-state index contributed by atoms with van der Waals surface area (Å²) in [6.07, 6.45) is 1.11. The predicted octanol–water partition coefficient (Wildman–Crippen LogP) is -0.923. The quantitative estimate of drug-likeness (QED) is 0.554. The van der Waals surface area contributed by atoms with Crippen LogP contribution in [0.3, 0.4) is 0 Å². The predicted molar refractivity (Wildman–Crippen MR) is 51.5 cm³/mol. The molecule has 13 heavy (non-hydrogen) atoms. The number of hydrogen-bond acceptors (Lipinski definition) is 4. The first-order valence-corrected chi connectivity index (χ1v) is 6.55. The number of sulfone groups is 1. The van der Waals surface area contributed by atoms with E-state index in [1.165, 1.54) is 0 Å². The van der Waals surface area contributed by atoms with Gasteiger partial charge in [-0.1, -0.05) is 0 Å². The number of fused-ring (bicyclic) bond motifs is 1. The fourth-order valence-corrected chi connectivity index (χ4v) is 4.27. The molecular formula is C8H16N2O2S. The molecule has 0 amide bonds. The van der Waals surface area contributed by atoms with E-state index in [0.717, 1.165) is 19.5 Å². The standard InChI is InChI=1S/C8H16N2O2S/c1-10-4-2-3-9-7-5-13(11,12)6-8(7)10/h7-9H,2-6H2,1H3. The van der Waals surface area contributed by atoms with Crippen molar-refractivity contribution < 1.29 is 8.42 Å². The van der Waals surface area contributed by atoms with Crippen LogP contribution in [-0.2, 0) is 9.84 Å². The van der Waals surface area contributed by atoms with E-state index in [4.69, 9.17) is 0 Å². The van der Waals surface area contributed by atoms with Crippen molar-refractivity contribution in [1.82, 2.24) is 10.2 Å². The second-order valence-electron chi connectivity index (χ2n) is 4.04. The monoisotopic (exact) mass is 204 g/mol. The zero-order chi connectivity index (χ0) is 9.47. The molecule has 2 saturated heterocycles. The Kier molecular flexibility index (Phi) is 2.33. The molecule has 2 heterocycles. The van der Waals surface area contributed by atoms with Gasteiger partial charge in [-0.05, 0) is 26.6 Å². The average Bonchev–Trinajstić information content (AvgIpc) is 2.26. The number of rotatable bonds is 0. The summed E-state index contributed by atoms with van der Waals surface area (Å²) in [7, 11) is -0.763. The summed E-state index contributed by atoms with van der Waals surface area (Å²) in [5.74, 6) is 0.656. The first-order valence-electron chi connectivity index (χ1n) is 4.72. The van der Waals surface area contributed by atoms with Crippen LogP contribution < -0.4 is 5.32 Å². The van der Waals surface area contributed by atoms with Crippen LogP contribution in [0.25, 0.3) is 0 Å². The highest BCUT2D eigenvalue weighted by Crippen LogP contribution is 2.19. The lowest BCUT2D eigenvalue weighted by Crippen LogP contribution is -2.44. The molecule has 0 aliphatic carbocycles. The molecule has 2 aliphatic rings. The molecule has 4 nitrogen and oxygen atoms in total. The van der Waals surface area contributed by atoms with E-state index in [9.17, 15) is 8.42 Å². The van der Waals surface area contributed by atoms with E-state index in [2.05, 4.69) is 10.2 Å².